The lowest BCUT2D eigenvalue weighted by molar-refractivity contribution is 0.300. The number of rotatable bonds is 5. The van der Waals surface area contributed by atoms with Gasteiger partial charge in [-0.25, -0.2) is 9.37 Å². The van der Waals surface area contributed by atoms with Crippen molar-refractivity contribution in [2.45, 2.75) is 46.6 Å². The molecule has 4 rings (SSSR count). The molecule has 8 nitrogen and oxygen atoms in total. The van der Waals surface area contributed by atoms with Crippen LogP contribution in [0.15, 0.2) is 52.6 Å². The second kappa shape index (κ2) is 10.1. The molecule has 37 heavy (non-hydrogen) atoms. The summed E-state index contributed by atoms with van der Waals surface area (Å²) in [4.78, 5) is 39.1. The van der Waals surface area contributed by atoms with E-state index in [0.717, 1.165) is 12.3 Å². The van der Waals surface area contributed by atoms with Crippen LogP contribution in [0.2, 0.25) is 10.0 Å². The lowest BCUT2D eigenvalue weighted by Crippen LogP contribution is -2.31. The van der Waals surface area contributed by atoms with Gasteiger partial charge < -0.3 is 4.74 Å². The molecule has 192 valence electrons. The molecule has 0 atom stereocenters. The Morgan fingerprint density at radius 2 is 1.73 bits per heavy atom. The zero-order valence-electron chi connectivity index (χ0n) is 20.8. The average molecular weight is 544 g/mol. The Morgan fingerprint density at radius 1 is 1.00 bits per heavy atom. The van der Waals surface area contributed by atoms with Crippen LogP contribution in [0.25, 0.3) is 11.5 Å². The van der Waals surface area contributed by atoms with Crippen LogP contribution in [-0.2, 0) is 12.0 Å². The fraction of sp³-hybridized carbons (Fsp3) is 0.269. The minimum Gasteiger partial charge on any atom is -0.485 e. The molecule has 0 N–H and O–H groups in total. The summed E-state index contributed by atoms with van der Waals surface area (Å²) in [5.74, 6) is -0.103. The van der Waals surface area contributed by atoms with E-state index in [4.69, 9.17) is 27.9 Å². The van der Waals surface area contributed by atoms with E-state index in [2.05, 4.69) is 15.0 Å². The summed E-state index contributed by atoms with van der Waals surface area (Å²) in [7, 11) is 0. The summed E-state index contributed by atoms with van der Waals surface area (Å²) < 4.78 is 21.8. The molecular weight excluding hydrogens is 520 g/mol. The van der Waals surface area contributed by atoms with Crippen LogP contribution >= 0.6 is 23.2 Å². The molecule has 4 aromatic rings. The molecule has 4 heterocycles. The van der Waals surface area contributed by atoms with Gasteiger partial charge >= 0.3 is 0 Å². The highest BCUT2D eigenvalue weighted by Gasteiger charge is 2.22. The Morgan fingerprint density at radius 3 is 2.41 bits per heavy atom. The first-order chi connectivity index (χ1) is 17.4. The number of ether oxygens (including phenoxy) is 1. The smallest absolute Gasteiger partial charge is 0.278 e. The number of hydrogen-bond donors (Lipinski definition) is 0. The Kier molecular flexibility index (Phi) is 7.21. The van der Waals surface area contributed by atoms with E-state index in [-0.39, 0.29) is 28.0 Å². The van der Waals surface area contributed by atoms with Crippen molar-refractivity contribution in [3.05, 3.63) is 102 Å². The Hall–Kier alpha value is -3.56. The summed E-state index contributed by atoms with van der Waals surface area (Å²) in [5, 5.41) is -0.0557. The van der Waals surface area contributed by atoms with Gasteiger partial charge in [-0.2, -0.15) is 0 Å². The van der Waals surface area contributed by atoms with Gasteiger partial charge in [0.25, 0.3) is 11.1 Å². The highest BCUT2D eigenvalue weighted by Crippen LogP contribution is 2.27. The highest BCUT2D eigenvalue weighted by atomic mass is 35.5. The minimum absolute atomic E-state index is 0.0992. The summed E-state index contributed by atoms with van der Waals surface area (Å²) >= 11 is 12.4. The number of nitrogens with zero attached hydrogens (tertiary/aromatic N) is 5. The van der Waals surface area contributed by atoms with E-state index in [9.17, 15) is 14.0 Å². The molecule has 0 unspecified atom stereocenters. The summed E-state index contributed by atoms with van der Waals surface area (Å²) in [6, 6.07) is 4.38. The van der Waals surface area contributed by atoms with Crippen molar-refractivity contribution in [2.24, 2.45) is 0 Å². The molecule has 11 heteroatoms. The SMILES string of the molecule is Cc1cnc(-n2ccnc(C(C)(C)C)c2=O)cc1-n1c(C)cc(OCc2ncc(F)cc2Cl)c(Cl)c1=O. The fourth-order valence-electron chi connectivity index (χ4n) is 3.76. The van der Waals surface area contributed by atoms with Crippen molar-refractivity contribution in [3.63, 3.8) is 0 Å². The molecule has 0 amide bonds. The van der Waals surface area contributed by atoms with Gasteiger partial charge in [0.2, 0.25) is 0 Å². The van der Waals surface area contributed by atoms with Gasteiger partial charge in [0.15, 0.2) is 0 Å². The van der Waals surface area contributed by atoms with Crippen LogP contribution in [0.3, 0.4) is 0 Å². The lowest BCUT2D eigenvalue weighted by Gasteiger charge is -2.19. The predicted octanol–water partition coefficient (Wildman–Crippen LogP) is 5.11. The van der Waals surface area contributed by atoms with Gasteiger partial charge in [-0.15, -0.1) is 0 Å². The van der Waals surface area contributed by atoms with Gasteiger partial charge in [-0.05, 0) is 25.5 Å². The molecule has 0 saturated heterocycles. The average Bonchev–Trinajstić information content (AvgIpc) is 2.82. The van der Waals surface area contributed by atoms with Gasteiger partial charge in [0.05, 0.1) is 22.6 Å². The standard InChI is InChI=1S/C26H24Cl2FN5O3/c1-14-11-32-21(33-7-6-30-23(25(33)36)26(3,4)5)10-19(14)34-15(2)8-20(22(28)24(34)35)37-13-18-17(27)9-16(29)12-31-18/h6-12H,13H2,1-5H3. The van der Waals surface area contributed by atoms with Crippen LogP contribution in [-0.4, -0.2) is 24.1 Å². The number of pyridine rings is 3. The van der Waals surface area contributed by atoms with Crippen LogP contribution in [0.1, 0.15) is 43.4 Å². The molecule has 0 radical (unpaired) electrons. The summed E-state index contributed by atoms with van der Waals surface area (Å²) in [5.41, 5.74) is 1.15. The minimum atomic E-state index is -0.569. The predicted molar refractivity (Wildman–Crippen MR) is 140 cm³/mol. The first kappa shape index (κ1) is 26.5. The van der Waals surface area contributed by atoms with Crippen LogP contribution in [0.4, 0.5) is 4.39 Å². The molecule has 0 spiro atoms. The second-order valence-electron chi connectivity index (χ2n) is 9.51. The molecule has 0 aliphatic heterocycles. The second-order valence-corrected chi connectivity index (χ2v) is 10.3. The zero-order valence-corrected chi connectivity index (χ0v) is 22.4. The fourth-order valence-corrected chi connectivity index (χ4v) is 4.16. The first-order valence-corrected chi connectivity index (χ1v) is 12.0. The molecule has 0 saturated carbocycles. The van der Waals surface area contributed by atoms with E-state index in [0.29, 0.717) is 34.2 Å². The van der Waals surface area contributed by atoms with Gasteiger partial charge in [-0.3, -0.25) is 28.7 Å². The molecular formula is C26H24Cl2FN5O3. The number of aryl methyl sites for hydroxylation is 2. The van der Waals surface area contributed by atoms with E-state index in [1.807, 2.05) is 20.8 Å². The van der Waals surface area contributed by atoms with E-state index in [1.54, 1.807) is 38.4 Å². The lowest BCUT2D eigenvalue weighted by atomic mass is 9.92. The Bertz CT molecular complexity index is 1630. The Labute approximate surface area is 222 Å². The quantitative estimate of drug-likeness (QED) is 0.347. The summed E-state index contributed by atoms with van der Waals surface area (Å²) in [6.45, 7) is 9.14. The highest BCUT2D eigenvalue weighted by molar-refractivity contribution is 6.32. The van der Waals surface area contributed by atoms with Gasteiger partial charge in [0, 0.05) is 41.8 Å². The molecule has 0 fully saturated rings. The number of hydrogen-bond acceptors (Lipinski definition) is 6. The van der Waals surface area contributed by atoms with Crippen molar-refractivity contribution in [1.82, 2.24) is 24.1 Å². The topological polar surface area (TPSA) is 91.9 Å². The molecule has 0 aromatic carbocycles. The monoisotopic (exact) mass is 543 g/mol. The van der Waals surface area contributed by atoms with Crippen molar-refractivity contribution in [3.8, 4) is 17.3 Å². The van der Waals surface area contributed by atoms with Crippen molar-refractivity contribution in [1.29, 1.82) is 0 Å². The largest absolute Gasteiger partial charge is 0.485 e. The third kappa shape index (κ3) is 5.28. The molecule has 0 aliphatic carbocycles. The van der Waals surface area contributed by atoms with E-state index in [1.165, 1.54) is 15.3 Å². The maximum absolute atomic E-state index is 13.3. The maximum Gasteiger partial charge on any atom is 0.278 e. The summed E-state index contributed by atoms with van der Waals surface area (Å²) in [6.07, 6.45) is 5.69. The van der Waals surface area contributed by atoms with E-state index >= 15 is 0 Å². The number of aromatic nitrogens is 5. The zero-order chi connectivity index (χ0) is 27.1. The maximum atomic E-state index is 13.3. The van der Waals surface area contributed by atoms with Crippen molar-refractivity contribution >= 4 is 23.2 Å². The molecule has 4 aromatic heterocycles. The van der Waals surface area contributed by atoms with E-state index < -0.39 is 16.8 Å². The normalized spacial score (nSPS) is 11.6. The van der Waals surface area contributed by atoms with Gasteiger partial charge in [-0.1, -0.05) is 44.0 Å². The van der Waals surface area contributed by atoms with Crippen molar-refractivity contribution in [2.75, 3.05) is 0 Å². The first-order valence-electron chi connectivity index (χ1n) is 11.3. The Balaban J connectivity index is 1.76. The molecule has 0 aliphatic rings. The van der Waals surface area contributed by atoms with Crippen molar-refractivity contribution < 1.29 is 9.13 Å². The third-order valence-electron chi connectivity index (χ3n) is 5.65. The van der Waals surface area contributed by atoms with Crippen LogP contribution in [0.5, 0.6) is 5.75 Å². The molecule has 0 bridgehead atoms. The van der Waals surface area contributed by atoms with Crippen LogP contribution in [0, 0.1) is 19.7 Å². The third-order valence-corrected chi connectivity index (χ3v) is 6.32. The van der Waals surface area contributed by atoms with Crippen LogP contribution < -0.4 is 15.9 Å². The van der Waals surface area contributed by atoms with Gasteiger partial charge in [0.1, 0.15) is 34.7 Å². The number of halogens is 3.